The van der Waals surface area contributed by atoms with Gasteiger partial charge in [-0.15, -0.1) is 41.3 Å². The number of para-hydroxylation sites is 1. The van der Waals surface area contributed by atoms with E-state index >= 15 is 0 Å². The number of ether oxygens (including phenoxy) is 1. The van der Waals surface area contributed by atoms with Crippen molar-refractivity contribution in [1.29, 1.82) is 5.26 Å². The van der Waals surface area contributed by atoms with Crippen LogP contribution in [0.5, 0.6) is 11.5 Å². The molecule has 210 valence electrons. The van der Waals surface area contributed by atoms with Crippen molar-refractivity contribution in [2.24, 2.45) is 0 Å². The van der Waals surface area contributed by atoms with Gasteiger partial charge in [-0.3, -0.25) is 9.67 Å². The molecule has 0 N–H and O–H groups in total. The standard InChI is InChI=1S/C35H24N6O.Pt/c1-22-8-6-9-23(2)34(22)41-35(38-24(3)39-41)26-10-7-11-27(19-26)42-28-14-15-29-30-18-25(21-36)13-16-31(30)40(32(29)20-28)33-12-4-5-17-37-33;/h4-18H,1-3H3;/q-2;+2. The molecule has 0 atom stereocenters. The summed E-state index contributed by atoms with van der Waals surface area (Å²) in [6, 6.07) is 36.3. The van der Waals surface area contributed by atoms with Gasteiger partial charge in [-0.2, -0.15) is 16.4 Å². The van der Waals surface area contributed by atoms with Crippen LogP contribution in [0.4, 0.5) is 0 Å². The van der Waals surface area contributed by atoms with Crippen LogP contribution in [0.15, 0.2) is 91.1 Å². The van der Waals surface area contributed by atoms with Gasteiger partial charge < -0.3 is 9.30 Å². The summed E-state index contributed by atoms with van der Waals surface area (Å²) >= 11 is 0. The van der Waals surface area contributed by atoms with E-state index in [-0.39, 0.29) is 21.1 Å². The first-order valence-corrected chi connectivity index (χ1v) is 13.5. The summed E-state index contributed by atoms with van der Waals surface area (Å²) < 4.78 is 10.2. The molecule has 0 aliphatic rings. The molecule has 0 unspecified atom stereocenters. The Morgan fingerprint density at radius 1 is 0.814 bits per heavy atom. The smallest absolute Gasteiger partial charge is 0.503 e. The molecule has 4 aromatic carbocycles. The first kappa shape index (κ1) is 28.1. The van der Waals surface area contributed by atoms with Crippen molar-refractivity contribution in [3.8, 4) is 40.5 Å². The molecule has 0 amide bonds. The molecule has 7 rings (SSSR count). The summed E-state index contributed by atoms with van der Waals surface area (Å²) in [5.74, 6) is 3.18. The fourth-order valence-electron chi connectivity index (χ4n) is 5.42. The number of nitrogens with zero attached hydrogens (tertiary/aromatic N) is 6. The van der Waals surface area contributed by atoms with Crippen LogP contribution in [0.1, 0.15) is 22.5 Å². The van der Waals surface area contributed by atoms with E-state index in [4.69, 9.17) is 14.8 Å². The molecule has 0 fully saturated rings. The molecular weight excluding hydrogens is 716 g/mol. The third-order valence-electron chi connectivity index (χ3n) is 7.25. The Hall–Kier alpha value is -5.05. The molecule has 0 spiro atoms. The predicted octanol–water partition coefficient (Wildman–Crippen LogP) is 7.61. The predicted molar refractivity (Wildman–Crippen MR) is 162 cm³/mol. The second-order valence-electron chi connectivity index (χ2n) is 10.1. The topological polar surface area (TPSA) is 81.5 Å². The van der Waals surface area contributed by atoms with Crippen molar-refractivity contribution < 1.29 is 25.8 Å². The quantitative estimate of drug-likeness (QED) is 0.170. The first-order chi connectivity index (χ1) is 20.5. The zero-order valence-electron chi connectivity index (χ0n) is 23.6. The first-order valence-electron chi connectivity index (χ1n) is 13.5. The van der Waals surface area contributed by atoms with Crippen LogP contribution >= 0.6 is 0 Å². The minimum absolute atomic E-state index is 0. The van der Waals surface area contributed by atoms with Crippen molar-refractivity contribution in [2.45, 2.75) is 20.8 Å². The molecule has 7 aromatic rings. The maximum absolute atomic E-state index is 9.51. The number of hydrogen-bond acceptors (Lipinski definition) is 5. The number of nitriles is 1. The molecule has 3 heterocycles. The fraction of sp³-hybridized carbons (Fsp3) is 0.0857. The largest absolute Gasteiger partial charge is 2.00 e. The molecule has 0 aliphatic carbocycles. The average molecular weight is 740 g/mol. The molecule has 0 radical (unpaired) electrons. The maximum Gasteiger partial charge on any atom is 2.00 e. The molecule has 43 heavy (non-hydrogen) atoms. The van der Waals surface area contributed by atoms with Crippen LogP contribution < -0.4 is 4.74 Å². The zero-order valence-corrected chi connectivity index (χ0v) is 25.8. The van der Waals surface area contributed by atoms with Gasteiger partial charge >= 0.3 is 21.1 Å². The molecule has 0 saturated carbocycles. The van der Waals surface area contributed by atoms with E-state index < -0.39 is 0 Å². The molecular formula is C35H24N6OPt. The Labute approximate surface area is 263 Å². The number of benzene rings is 4. The van der Waals surface area contributed by atoms with Gasteiger partial charge in [0.25, 0.3) is 0 Å². The number of aromatic nitrogens is 5. The van der Waals surface area contributed by atoms with E-state index in [9.17, 15) is 5.26 Å². The molecule has 8 heteroatoms. The SMILES string of the molecule is Cc1nc(-c2[c-]c(Oc3[c-]c4c(cc3)c3cc(C#N)ccc3n4-c3ccccn3)ccc2)n(-c2c(C)cccc2C)n1.[Pt+2]. The summed E-state index contributed by atoms with van der Waals surface area (Å²) in [4.78, 5) is 9.32. The third-order valence-corrected chi connectivity index (χ3v) is 7.25. The Bertz CT molecular complexity index is 2150. The summed E-state index contributed by atoms with van der Waals surface area (Å²) in [6.07, 6.45) is 1.76. The number of hydrogen-bond donors (Lipinski definition) is 0. The zero-order chi connectivity index (χ0) is 28.8. The van der Waals surface area contributed by atoms with Crippen LogP contribution in [0, 0.1) is 44.2 Å². The van der Waals surface area contributed by atoms with Crippen molar-refractivity contribution in [1.82, 2.24) is 24.3 Å². The van der Waals surface area contributed by atoms with Gasteiger partial charge in [0.15, 0.2) is 0 Å². The van der Waals surface area contributed by atoms with E-state index in [0.717, 1.165) is 50.0 Å². The molecule has 0 aliphatic heterocycles. The Morgan fingerprint density at radius 2 is 1.60 bits per heavy atom. The van der Waals surface area contributed by atoms with E-state index in [0.29, 0.717) is 28.7 Å². The summed E-state index contributed by atoms with van der Waals surface area (Å²) in [7, 11) is 0. The van der Waals surface area contributed by atoms with E-state index in [2.05, 4.69) is 49.2 Å². The van der Waals surface area contributed by atoms with E-state index in [1.54, 1.807) is 6.20 Å². The summed E-state index contributed by atoms with van der Waals surface area (Å²) in [5.41, 5.74) is 6.34. The van der Waals surface area contributed by atoms with Gasteiger partial charge in [0, 0.05) is 23.2 Å². The van der Waals surface area contributed by atoms with E-state index in [1.807, 2.05) is 89.0 Å². The third kappa shape index (κ3) is 5.01. The van der Waals surface area contributed by atoms with Crippen molar-refractivity contribution in [3.05, 3.63) is 126 Å². The number of pyridine rings is 1. The molecule has 3 aromatic heterocycles. The van der Waals surface area contributed by atoms with Crippen LogP contribution in [-0.2, 0) is 21.1 Å². The van der Waals surface area contributed by atoms with Crippen molar-refractivity contribution in [3.63, 3.8) is 0 Å². The van der Waals surface area contributed by atoms with Crippen LogP contribution in [0.2, 0.25) is 0 Å². The van der Waals surface area contributed by atoms with Crippen molar-refractivity contribution >= 4 is 21.8 Å². The Kier molecular flexibility index (Phi) is 7.39. The second kappa shape index (κ2) is 11.3. The monoisotopic (exact) mass is 739 g/mol. The molecule has 0 bridgehead atoms. The average Bonchev–Trinajstić information content (AvgIpc) is 3.54. The molecule has 0 saturated heterocycles. The van der Waals surface area contributed by atoms with Crippen LogP contribution in [0.3, 0.4) is 0 Å². The van der Waals surface area contributed by atoms with Gasteiger partial charge in [-0.25, -0.2) is 4.98 Å². The summed E-state index contributed by atoms with van der Waals surface area (Å²) in [6.45, 7) is 6.03. The van der Waals surface area contributed by atoms with Crippen molar-refractivity contribution in [2.75, 3.05) is 0 Å². The molecule has 7 nitrogen and oxygen atoms in total. The minimum Gasteiger partial charge on any atom is -0.503 e. The van der Waals surface area contributed by atoms with Gasteiger partial charge in [0.2, 0.25) is 0 Å². The van der Waals surface area contributed by atoms with Gasteiger partial charge in [0.05, 0.1) is 23.1 Å². The van der Waals surface area contributed by atoms with Gasteiger partial charge in [-0.05, 0) is 67.6 Å². The number of aryl methyl sites for hydroxylation is 3. The van der Waals surface area contributed by atoms with Crippen LogP contribution in [0.25, 0.3) is 44.7 Å². The number of fused-ring (bicyclic) bond motifs is 3. The van der Waals surface area contributed by atoms with Gasteiger partial charge in [-0.1, -0.05) is 35.8 Å². The second-order valence-corrected chi connectivity index (χ2v) is 10.1. The van der Waals surface area contributed by atoms with E-state index in [1.165, 1.54) is 0 Å². The fourth-order valence-corrected chi connectivity index (χ4v) is 5.42. The minimum atomic E-state index is 0. The Balaban J connectivity index is 0.00000329. The Morgan fingerprint density at radius 3 is 2.37 bits per heavy atom. The summed E-state index contributed by atoms with van der Waals surface area (Å²) in [5, 5.41) is 16.1. The maximum atomic E-state index is 9.51. The number of rotatable bonds is 5. The normalized spacial score (nSPS) is 10.9. The van der Waals surface area contributed by atoms with Crippen LogP contribution in [-0.4, -0.2) is 24.3 Å². The van der Waals surface area contributed by atoms with Gasteiger partial charge in [0.1, 0.15) is 11.6 Å².